The van der Waals surface area contributed by atoms with E-state index in [2.05, 4.69) is 4.98 Å². The summed E-state index contributed by atoms with van der Waals surface area (Å²) in [4.78, 5) is 4.23. The van der Waals surface area contributed by atoms with Gasteiger partial charge in [-0.15, -0.1) is 0 Å². The lowest BCUT2D eigenvalue weighted by Gasteiger charge is -2.06. The summed E-state index contributed by atoms with van der Waals surface area (Å²) in [5.41, 5.74) is 2.81. The van der Waals surface area contributed by atoms with Crippen LogP contribution in [-0.4, -0.2) is 14.7 Å². The van der Waals surface area contributed by atoms with Crippen LogP contribution in [0.4, 0.5) is 4.39 Å². The van der Waals surface area contributed by atoms with Gasteiger partial charge in [-0.3, -0.25) is 0 Å². The molecule has 96 valence electrons. The molecule has 1 aromatic carbocycles. The third-order valence-electron chi connectivity index (χ3n) is 2.87. The molecule has 5 heteroatoms. The quantitative estimate of drug-likeness (QED) is 0.865. The first kappa shape index (κ1) is 13.1. The van der Waals surface area contributed by atoms with Gasteiger partial charge in [0, 0.05) is 12.8 Å². The average molecular weight is 266 g/mol. The van der Waals surface area contributed by atoms with Gasteiger partial charge in [0.1, 0.15) is 5.82 Å². The summed E-state index contributed by atoms with van der Waals surface area (Å²) in [5, 5.41) is 9.90. The number of rotatable bonds is 4. The van der Waals surface area contributed by atoms with Gasteiger partial charge in [-0.2, -0.15) is 0 Å². The van der Waals surface area contributed by atoms with Crippen molar-refractivity contribution in [2.24, 2.45) is 7.05 Å². The standard InChI is InChI=1S/C13H15FN2OS/c1-9-3-4-11(14)5-10(9)8-18-13-15-6-12(7-17)16(13)2/h3-6,17H,7-8H2,1-2H3. The van der Waals surface area contributed by atoms with Crippen molar-refractivity contribution >= 4 is 11.8 Å². The van der Waals surface area contributed by atoms with Crippen molar-refractivity contribution in [1.82, 2.24) is 9.55 Å². The van der Waals surface area contributed by atoms with Crippen LogP contribution in [0, 0.1) is 12.7 Å². The normalized spacial score (nSPS) is 10.9. The molecule has 1 N–H and O–H groups in total. The molecule has 0 aliphatic carbocycles. The van der Waals surface area contributed by atoms with Gasteiger partial charge in [-0.1, -0.05) is 17.8 Å². The molecule has 2 aromatic rings. The summed E-state index contributed by atoms with van der Waals surface area (Å²) >= 11 is 1.53. The Hall–Kier alpha value is -1.33. The lowest BCUT2D eigenvalue weighted by atomic mass is 10.1. The van der Waals surface area contributed by atoms with Crippen molar-refractivity contribution in [2.75, 3.05) is 0 Å². The minimum Gasteiger partial charge on any atom is -0.390 e. The maximum absolute atomic E-state index is 13.1. The van der Waals surface area contributed by atoms with Gasteiger partial charge in [0.2, 0.25) is 0 Å². The van der Waals surface area contributed by atoms with Gasteiger partial charge < -0.3 is 9.67 Å². The number of aromatic nitrogens is 2. The number of aliphatic hydroxyl groups is 1. The lowest BCUT2D eigenvalue weighted by molar-refractivity contribution is 0.271. The van der Waals surface area contributed by atoms with E-state index >= 15 is 0 Å². The molecule has 0 aliphatic heterocycles. The SMILES string of the molecule is Cc1ccc(F)cc1CSc1ncc(CO)n1C. The Balaban J connectivity index is 2.11. The molecular weight excluding hydrogens is 251 g/mol. The maximum Gasteiger partial charge on any atom is 0.168 e. The molecule has 1 heterocycles. The molecule has 0 radical (unpaired) electrons. The van der Waals surface area contributed by atoms with Gasteiger partial charge in [0.05, 0.1) is 18.5 Å². The lowest BCUT2D eigenvalue weighted by Crippen LogP contribution is -1.98. The van der Waals surface area contributed by atoms with E-state index in [4.69, 9.17) is 5.11 Å². The van der Waals surface area contributed by atoms with Crippen LogP contribution in [0.3, 0.4) is 0 Å². The Kier molecular flexibility index (Phi) is 4.04. The van der Waals surface area contributed by atoms with Gasteiger partial charge >= 0.3 is 0 Å². The molecule has 0 amide bonds. The molecule has 0 spiro atoms. The van der Waals surface area contributed by atoms with Gasteiger partial charge in [0.25, 0.3) is 0 Å². The molecule has 0 saturated carbocycles. The predicted octanol–water partition coefficient (Wildman–Crippen LogP) is 2.65. The minimum atomic E-state index is -0.216. The van der Waals surface area contributed by atoms with E-state index in [1.54, 1.807) is 18.3 Å². The summed E-state index contributed by atoms with van der Waals surface area (Å²) in [6, 6.07) is 4.80. The van der Waals surface area contributed by atoms with E-state index in [1.807, 2.05) is 18.5 Å². The number of hydrogen-bond acceptors (Lipinski definition) is 3. The zero-order valence-electron chi connectivity index (χ0n) is 10.4. The van der Waals surface area contributed by atoms with Crippen LogP contribution in [-0.2, 0) is 19.4 Å². The molecular formula is C13H15FN2OS. The highest BCUT2D eigenvalue weighted by molar-refractivity contribution is 7.98. The number of halogens is 1. The van der Waals surface area contributed by atoms with Crippen molar-refractivity contribution in [3.63, 3.8) is 0 Å². The summed E-state index contributed by atoms with van der Waals surface area (Å²) in [7, 11) is 1.86. The Bertz CT molecular complexity index is 554. The molecule has 0 saturated heterocycles. The Morgan fingerprint density at radius 2 is 2.22 bits per heavy atom. The number of thioether (sulfide) groups is 1. The third-order valence-corrected chi connectivity index (χ3v) is 3.96. The first-order valence-electron chi connectivity index (χ1n) is 5.61. The second-order valence-corrected chi connectivity index (χ2v) is 5.05. The largest absolute Gasteiger partial charge is 0.390 e. The summed E-state index contributed by atoms with van der Waals surface area (Å²) in [6.45, 7) is 1.94. The van der Waals surface area contributed by atoms with Crippen molar-refractivity contribution in [3.8, 4) is 0 Å². The Morgan fingerprint density at radius 1 is 1.44 bits per heavy atom. The number of aliphatic hydroxyl groups excluding tert-OH is 1. The number of aryl methyl sites for hydroxylation is 1. The fourth-order valence-electron chi connectivity index (χ4n) is 1.64. The predicted molar refractivity (Wildman–Crippen MR) is 69.8 cm³/mol. The van der Waals surface area contributed by atoms with E-state index in [1.165, 1.54) is 17.8 Å². The van der Waals surface area contributed by atoms with Crippen LogP contribution >= 0.6 is 11.8 Å². The van der Waals surface area contributed by atoms with Crippen LogP contribution in [0.25, 0.3) is 0 Å². The van der Waals surface area contributed by atoms with Gasteiger partial charge in [-0.25, -0.2) is 9.37 Å². The molecule has 0 aliphatic rings. The van der Waals surface area contributed by atoms with Crippen LogP contribution < -0.4 is 0 Å². The van der Waals surface area contributed by atoms with Crippen molar-refractivity contribution in [3.05, 3.63) is 47.0 Å². The fraction of sp³-hybridized carbons (Fsp3) is 0.308. The number of hydrogen-bond donors (Lipinski definition) is 1. The fourth-order valence-corrected chi connectivity index (χ4v) is 2.68. The van der Waals surface area contributed by atoms with E-state index in [-0.39, 0.29) is 12.4 Å². The van der Waals surface area contributed by atoms with Gasteiger partial charge in [0.15, 0.2) is 5.16 Å². The highest BCUT2D eigenvalue weighted by Gasteiger charge is 2.08. The van der Waals surface area contributed by atoms with Crippen molar-refractivity contribution in [2.45, 2.75) is 24.4 Å². The minimum absolute atomic E-state index is 0.0247. The summed E-state index contributed by atoms with van der Waals surface area (Å²) < 4.78 is 15.0. The Morgan fingerprint density at radius 3 is 2.89 bits per heavy atom. The first-order valence-corrected chi connectivity index (χ1v) is 6.59. The monoisotopic (exact) mass is 266 g/mol. The van der Waals surface area contributed by atoms with Crippen LogP contribution in [0.15, 0.2) is 29.6 Å². The summed E-state index contributed by atoms with van der Waals surface area (Å²) in [6.07, 6.45) is 1.65. The molecule has 18 heavy (non-hydrogen) atoms. The van der Waals surface area contributed by atoms with E-state index in [9.17, 15) is 4.39 Å². The van der Waals surface area contributed by atoms with E-state index in [0.717, 1.165) is 22.0 Å². The third kappa shape index (κ3) is 2.73. The van der Waals surface area contributed by atoms with Gasteiger partial charge in [-0.05, 0) is 30.2 Å². The highest BCUT2D eigenvalue weighted by atomic mass is 32.2. The molecule has 0 atom stereocenters. The topological polar surface area (TPSA) is 38.1 Å². The smallest absolute Gasteiger partial charge is 0.168 e. The molecule has 0 unspecified atom stereocenters. The molecule has 0 bridgehead atoms. The zero-order valence-corrected chi connectivity index (χ0v) is 11.2. The second-order valence-electron chi connectivity index (χ2n) is 4.11. The number of benzene rings is 1. The molecule has 0 fully saturated rings. The second kappa shape index (κ2) is 5.54. The molecule has 1 aromatic heterocycles. The number of nitrogens with zero attached hydrogens (tertiary/aromatic N) is 2. The van der Waals surface area contributed by atoms with Crippen molar-refractivity contribution in [1.29, 1.82) is 0 Å². The van der Waals surface area contributed by atoms with E-state index in [0.29, 0.717) is 5.75 Å². The first-order chi connectivity index (χ1) is 8.61. The van der Waals surface area contributed by atoms with Crippen LogP contribution in [0.2, 0.25) is 0 Å². The van der Waals surface area contributed by atoms with Crippen molar-refractivity contribution < 1.29 is 9.50 Å². The van der Waals surface area contributed by atoms with Crippen LogP contribution in [0.1, 0.15) is 16.8 Å². The van der Waals surface area contributed by atoms with Crippen LogP contribution in [0.5, 0.6) is 0 Å². The maximum atomic E-state index is 13.1. The molecule has 2 rings (SSSR count). The Labute approximate surface area is 110 Å². The zero-order chi connectivity index (χ0) is 13.1. The van der Waals surface area contributed by atoms with E-state index < -0.39 is 0 Å². The highest BCUT2D eigenvalue weighted by Crippen LogP contribution is 2.24. The average Bonchev–Trinajstić information content (AvgIpc) is 2.71. The number of imidazole rings is 1. The molecule has 3 nitrogen and oxygen atoms in total. The summed E-state index contributed by atoms with van der Waals surface area (Å²) in [5.74, 6) is 0.450.